The molecule has 174 valence electrons. The number of carbonyl (C=O) groups excluding carboxylic acids is 1. The maximum absolute atomic E-state index is 12.7. The van der Waals surface area contributed by atoms with E-state index >= 15 is 0 Å². The number of aryl methyl sites for hydroxylation is 1. The SMILES string of the molecule is CCOc1ccc([C@H](C)NC(=O)c2ccc(N(Cc3ccc(C)cc3)S(C)(=O)=O)cc2)cc1. The third-order valence-corrected chi connectivity index (χ3v) is 6.44. The Balaban J connectivity index is 1.71. The van der Waals surface area contributed by atoms with Gasteiger partial charge in [-0.25, -0.2) is 8.42 Å². The standard InChI is InChI=1S/C26H30N2O4S/c1-5-32-25-16-12-22(13-17-25)20(3)27-26(29)23-10-14-24(15-11-23)28(33(4,30)31)18-21-8-6-19(2)7-9-21/h6-17,20H,5,18H2,1-4H3,(H,27,29)/t20-/m0/s1. The summed E-state index contributed by atoms with van der Waals surface area (Å²) >= 11 is 0. The molecule has 3 aromatic carbocycles. The molecule has 0 aliphatic rings. The number of rotatable bonds is 9. The van der Waals surface area contributed by atoms with Gasteiger partial charge in [0.2, 0.25) is 10.0 Å². The molecule has 7 heteroatoms. The highest BCUT2D eigenvalue weighted by Crippen LogP contribution is 2.22. The van der Waals surface area contributed by atoms with Gasteiger partial charge in [0.25, 0.3) is 5.91 Å². The number of hydrogen-bond donors (Lipinski definition) is 1. The first-order chi connectivity index (χ1) is 15.7. The normalized spacial score (nSPS) is 12.1. The van der Waals surface area contributed by atoms with Crippen molar-refractivity contribution in [1.29, 1.82) is 0 Å². The van der Waals surface area contributed by atoms with Crippen LogP contribution < -0.4 is 14.4 Å². The minimum absolute atomic E-state index is 0.193. The third kappa shape index (κ3) is 6.58. The van der Waals surface area contributed by atoms with Crippen LogP contribution in [0.1, 0.15) is 46.9 Å². The van der Waals surface area contributed by atoms with E-state index in [1.165, 1.54) is 10.6 Å². The van der Waals surface area contributed by atoms with Crippen LogP contribution in [0.5, 0.6) is 5.75 Å². The first-order valence-electron chi connectivity index (χ1n) is 10.8. The fourth-order valence-corrected chi connectivity index (χ4v) is 4.31. The lowest BCUT2D eigenvalue weighted by Gasteiger charge is -2.23. The van der Waals surface area contributed by atoms with Crippen LogP contribution in [0.2, 0.25) is 0 Å². The number of ether oxygens (including phenoxy) is 1. The van der Waals surface area contributed by atoms with Crippen molar-refractivity contribution in [3.05, 3.63) is 95.1 Å². The van der Waals surface area contributed by atoms with Crippen LogP contribution in [0, 0.1) is 6.92 Å². The summed E-state index contributed by atoms with van der Waals surface area (Å²) in [6.07, 6.45) is 1.18. The Hall–Kier alpha value is -3.32. The summed E-state index contributed by atoms with van der Waals surface area (Å²) in [6, 6.07) is 21.8. The first-order valence-corrected chi connectivity index (χ1v) is 12.7. The second kappa shape index (κ2) is 10.5. The summed E-state index contributed by atoms with van der Waals surface area (Å²) < 4.78 is 31.6. The Labute approximate surface area is 196 Å². The van der Waals surface area contributed by atoms with Crippen molar-refractivity contribution in [3.63, 3.8) is 0 Å². The Bertz CT molecular complexity index is 1170. The fraction of sp³-hybridized carbons (Fsp3) is 0.269. The molecule has 1 N–H and O–H groups in total. The zero-order valence-electron chi connectivity index (χ0n) is 19.4. The van der Waals surface area contributed by atoms with E-state index in [9.17, 15) is 13.2 Å². The van der Waals surface area contributed by atoms with E-state index in [1.807, 2.05) is 69.3 Å². The van der Waals surface area contributed by atoms with Crippen LogP contribution >= 0.6 is 0 Å². The van der Waals surface area contributed by atoms with E-state index in [4.69, 9.17) is 4.74 Å². The van der Waals surface area contributed by atoms with Gasteiger partial charge in [-0.05, 0) is 68.3 Å². The fourth-order valence-electron chi connectivity index (χ4n) is 3.42. The van der Waals surface area contributed by atoms with Crippen LogP contribution in [0.3, 0.4) is 0 Å². The van der Waals surface area contributed by atoms with Crippen LogP contribution in [-0.4, -0.2) is 27.2 Å². The maximum Gasteiger partial charge on any atom is 0.251 e. The Morgan fingerprint density at radius 2 is 1.58 bits per heavy atom. The first kappa shape index (κ1) is 24.3. The third-order valence-electron chi connectivity index (χ3n) is 5.30. The molecule has 0 spiro atoms. The molecule has 0 aliphatic carbocycles. The molecule has 0 radical (unpaired) electrons. The number of nitrogens with one attached hydrogen (secondary N) is 1. The minimum Gasteiger partial charge on any atom is -0.494 e. The molecule has 0 saturated heterocycles. The molecule has 0 aliphatic heterocycles. The zero-order chi connectivity index (χ0) is 24.0. The second-order valence-corrected chi connectivity index (χ2v) is 9.91. The molecule has 0 fully saturated rings. The van der Waals surface area contributed by atoms with Crippen molar-refractivity contribution in [2.75, 3.05) is 17.2 Å². The van der Waals surface area contributed by atoms with Gasteiger partial charge in [-0.3, -0.25) is 9.10 Å². The van der Waals surface area contributed by atoms with E-state index in [0.29, 0.717) is 17.9 Å². The molecule has 6 nitrogen and oxygen atoms in total. The molecule has 1 amide bonds. The zero-order valence-corrected chi connectivity index (χ0v) is 20.2. The van der Waals surface area contributed by atoms with Crippen molar-refractivity contribution in [2.45, 2.75) is 33.4 Å². The Kier molecular flexibility index (Phi) is 7.76. The number of hydrogen-bond acceptors (Lipinski definition) is 4. The van der Waals surface area contributed by atoms with Gasteiger partial charge in [0.1, 0.15) is 5.75 Å². The van der Waals surface area contributed by atoms with Crippen LogP contribution in [0.25, 0.3) is 0 Å². The monoisotopic (exact) mass is 466 g/mol. The molecule has 1 atom stereocenters. The molecule has 3 aromatic rings. The van der Waals surface area contributed by atoms with Crippen LogP contribution in [0.15, 0.2) is 72.8 Å². The maximum atomic E-state index is 12.7. The number of benzene rings is 3. The lowest BCUT2D eigenvalue weighted by molar-refractivity contribution is 0.0940. The van der Waals surface area contributed by atoms with E-state index in [2.05, 4.69) is 5.32 Å². The van der Waals surface area contributed by atoms with E-state index in [0.717, 1.165) is 22.4 Å². The number of nitrogens with zero attached hydrogens (tertiary/aromatic N) is 1. The number of amides is 1. The van der Waals surface area contributed by atoms with E-state index in [-0.39, 0.29) is 18.5 Å². The molecular formula is C26H30N2O4S. The van der Waals surface area contributed by atoms with Crippen LogP contribution in [-0.2, 0) is 16.6 Å². The number of sulfonamides is 1. The van der Waals surface area contributed by atoms with E-state index in [1.54, 1.807) is 24.3 Å². The molecule has 0 unspecified atom stereocenters. The van der Waals surface area contributed by atoms with Crippen molar-refractivity contribution in [2.24, 2.45) is 0 Å². The van der Waals surface area contributed by atoms with Gasteiger partial charge in [0.05, 0.1) is 31.1 Å². The smallest absolute Gasteiger partial charge is 0.251 e. The molecule has 0 heterocycles. The van der Waals surface area contributed by atoms with Gasteiger partial charge in [-0.1, -0.05) is 42.0 Å². The summed E-state index contributed by atoms with van der Waals surface area (Å²) in [6.45, 7) is 6.65. The molecular weight excluding hydrogens is 436 g/mol. The molecule has 0 bridgehead atoms. The number of carbonyl (C=O) groups is 1. The highest BCUT2D eigenvalue weighted by atomic mass is 32.2. The van der Waals surface area contributed by atoms with Gasteiger partial charge in [0.15, 0.2) is 0 Å². The van der Waals surface area contributed by atoms with Crippen molar-refractivity contribution in [3.8, 4) is 5.75 Å². The van der Waals surface area contributed by atoms with Crippen molar-refractivity contribution >= 4 is 21.6 Å². The summed E-state index contributed by atoms with van der Waals surface area (Å²) in [4.78, 5) is 12.7. The predicted octanol–water partition coefficient (Wildman–Crippen LogP) is 4.85. The lowest BCUT2D eigenvalue weighted by Crippen LogP contribution is -2.29. The Morgan fingerprint density at radius 1 is 0.970 bits per heavy atom. The highest BCUT2D eigenvalue weighted by Gasteiger charge is 2.19. The average molecular weight is 467 g/mol. The van der Waals surface area contributed by atoms with Gasteiger partial charge in [-0.2, -0.15) is 0 Å². The Morgan fingerprint density at radius 3 is 2.12 bits per heavy atom. The van der Waals surface area contributed by atoms with Crippen molar-refractivity contribution in [1.82, 2.24) is 5.32 Å². The van der Waals surface area contributed by atoms with Gasteiger partial charge in [0, 0.05) is 5.56 Å². The van der Waals surface area contributed by atoms with Crippen molar-refractivity contribution < 1.29 is 17.9 Å². The molecule has 0 aromatic heterocycles. The van der Waals surface area contributed by atoms with Gasteiger partial charge >= 0.3 is 0 Å². The quantitative estimate of drug-likeness (QED) is 0.489. The molecule has 3 rings (SSSR count). The van der Waals surface area contributed by atoms with Gasteiger partial charge in [-0.15, -0.1) is 0 Å². The number of anilines is 1. The molecule has 0 saturated carbocycles. The van der Waals surface area contributed by atoms with Crippen LogP contribution in [0.4, 0.5) is 5.69 Å². The minimum atomic E-state index is -3.50. The predicted molar refractivity (Wildman–Crippen MR) is 132 cm³/mol. The average Bonchev–Trinajstić information content (AvgIpc) is 2.78. The largest absolute Gasteiger partial charge is 0.494 e. The van der Waals surface area contributed by atoms with E-state index < -0.39 is 10.0 Å². The summed E-state index contributed by atoms with van der Waals surface area (Å²) in [7, 11) is -3.50. The molecule has 33 heavy (non-hydrogen) atoms. The second-order valence-electron chi connectivity index (χ2n) is 8.00. The topological polar surface area (TPSA) is 75.7 Å². The summed E-state index contributed by atoms with van der Waals surface area (Å²) in [5, 5.41) is 2.98. The highest BCUT2D eigenvalue weighted by molar-refractivity contribution is 7.92. The lowest BCUT2D eigenvalue weighted by atomic mass is 10.1. The summed E-state index contributed by atoms with van der Waals surface area (Å²) in [5.74, 6) is 0.559. The summed E-state index contributed by atoms with van der Waals surface area (Å²) in [5.41, 5.74) is 3.93. The van der Waals surface area contributed by atoms with Gasteiger partial charge < -0.3 is 10.1 Å².